The van der Waals surface area contributed by atoms with E-state index < -0.39 is 0 Å². The average molecular weight is 226 g/mol. The van der Waals surface area contributed by atoms with E-state index in [-0.39, 0.29) is 0 Å². The summed E-state index contributed by atoms with van der Waals surface area (Å²) in [5, 5.41) is 3.65. The van der Waals surface area contributed by atoms with Gasteiger partial charge in [0.15, 0.2) is 0 Å². The van der Waals surface area contributed by atoms with Crippen LogP contribution in [0.1, 0.15) is 39.5 Å². The minimum atomic E-state index is 0.366. The molecule has 2 atom stereocenters. The van der Waals surface area contributed by atoms with E-state index in [2.05, 4.69) is 24.1 Å². The van der Waals surface area contributed by atoms with Crippen molar-refractivity contribution in [3.05, 3.63) is 0 Å². The predicted octanol–water partition coefficient (Wildman–Crippen LogP) is 1.63. The molecule has 94 valence electrons. The van der Waals surface area contributed by atoms with Gasteiger partial charge in [0.25, 0.3) is 0 Å². The van der Waals surface area contributed by atoms with Crippen LogP contribution in [0.15, 0.2) is 0 Å². The monoisotopic (exact) mass is 226 g/mol. The highest BCUT2D eigenvalue weighted by molar-refractivity contribution is 4.91. The molecule has 0 aromatic carbocycles. The second-order valence-corrected chi connectivity index (χ2v) is 5.37. The van der Waals surface area contributed by atoms with Gasteiger partial charge in [-0.15, -0.1) is 0 Å². The highest BCUT2D eigenvalue weighted by Gasteiger charge is 2.32. The van der Waals surface area contributed by atoms with Crippen LogP contribution >= 0.6 is 0 Å². The minimum absolute atomic E-state index is 0.366. The number of ether oxygens (including phenoxy) is 1. The van der Waals surface area contributed by atoms with Crippen LogP contribution in [0, 0.1) is 0 Å². The van der Waals surface area contributed by atoms with Gasteiger partial charge in [-0.05, 0) is 52.6 Å². The van der Waals surface area contributed by atoms with Gasteiger partial charge in [0.05, 0.1) is 12.7 Å². The first-order chi connectivity index (χ1) is 7.77. The fraction of sp³-hybridized carbons (Fsp3) is 1.00. The zero-order valence-corrected chi connectivity index (χ0v) is 10.7. The van der Waals surface area contributed by atoms with E-state index in [9.17, 15) is 0 Å². The zero-order valence-electron chi connectivity index (χ0n) is 10.7. The van der Waals surface area contributed by atoms with E-state index >= 15 is 0 Å². The summed E-state index contributed by atoms with van der Waals surface area (Å²) in [5.41, 5.74) is 0. The molecular weight excluding hydrogens is 200 g/mol. The van der Waals surface area contributed by atoms with Crippen molar-refractivity contribution in [1.82, 2.24) is 10.2 Å². The number of hydrogen-bond acceptors (Lipinski definition) is 3. The van der Waals surface area contributed by atoms with Crippen LogP contribution in [-0.4, -0.2) is 49.3 Å². The normalized spacial score (nSPS) is 31.7. The van der Waals surface area contributed by atoms with Crippen LogP contribution in [-0.2, 0) is 4.74 Å². The summed E-state index contributed by atoms with van der Waals surface area (Å²) in [6.45, 7) is 8.71. The van der Waals surface area contributed by atoms with Crippen molar-refractivity contribution in [2.45, 2.75) is 57.7 Å². The third kappa shape index (κ3) is 3.19. The van der Waals surface area contributed by atoms with E-state index in [0.717, 1.165) is 25.2 Å². The smallest absolute Gasteiger partial charge is 0.0597 e. The highest BCUT2D eigenvalue weighted by atomic mass is 16.5. The van der Waals surface area contributed by atoms with Gasteiger partial charge >= 0.3 is 0 Å². The summed E-state index contributed by atoms with van der Waals surface area (Å²) in [5.74, 6) is 0. The van der Waals surface area contributed by atoms with Gasteiger partial charge in [0.1, 0.15) is 0 Å². The third-order valence-electron chi connectivity index (χ3n) is 3.81. The molecule has 0 bridgehead atoms. The molecule has 2 rings (SSSR count). The second kappa shape index (κ2) is 5.99. The molecule has 0 spiro atoms. The average Bonchev–Trinajstić information content (AvgIpc) is 2.84. The third-order valence-corrected chi connectivity index (χ3v) is 3.81. The van der Waals surface area contributed by atoms with E-state index in [1.165, 1.54) is 38.8 Å². The fourth-order valence-electron chi connectivity index (χ4n) is 3.03. The molecule has 2 aliphatic heterocycles. The lowest BCUT2D eigenvalue weighted by Crippen LogP contribution is -2.45. The summed E-state index contributed by atoms with van der Waals surface area (Å²) in [4.78, 5) is 2.63. The Bertz CT molecular complexity index is 202. The minimum Gasteiger partial charge on any atom is -0.377 e. The van der Waals surface area contributed by atoms with Crippen molar-refractivity contribution >= 4 is 0 Å². The van der Waals surface area contributed by atoms with Crippen molar-refractivity contribution in [3.63, 3.8) is 0 Å². The molecule has 3 nitrogen and oxygen atoms in total. The van der Waals surface area contributed by atoms with Crippen LogP contribution in [0.3, 0.4) is 0 Å². The molecule has 0 saturated carbocycles. The van der Waals surface area contributed by atoms with E-state index in [1.54, 1.807) is 0 Å². The lowest BCUT2D eigenvalue weighted by molar-refractivity contribution is 0.0534. The van der Waals surface area contributed by atoms with Crippen molar-refractivity contribution in [1.29, 1.82) is 0 Å². The van der Waals surface area contributed by atoms with Crippen LogP contribution in [0.25, 0.3) is 0 Å². The Balaban J connectivity index is 1.74. The number of hydrogen-bond donors (Lipinski definition) is 1. The Morgan fingerprint density at radius 2 is 2.19 bits per heavy atom. The number of nitrogens with one attached hydrogen (secondary N) is 1. The van der Waals surface area contributed by atoms with E-state index in [0.29, 0.717) is 6.10 Å². The largest absolute Gasteiger partial charge is 0.377 e. The molecular formula is C13H26N2O. The van der Waals surface area contributed by atoms with E-state index in [4.69, 9.17) is 4.74 Å². The van der Waals surface area contributed by atoms with Gasteiger partial charge in [-0.1, -0.05) is 0 Å². The van der Waals surface area contributed by atoms with Gasteiger partial charge < -0.3 is 10.1 Å². The molecule has 3 heteroatoms. The molecule has 1 N–H and O–H groups in total. The SMILES string of the molecule is CC(C)OCCN1CCCC1C1CCCN1. The Labute approximate surface area is 99.5 Å². The summed E-state index contributed by atoms with van der Waals surface area (Å²) < 4.78 is 5.65. The molecule has 2 fully saturated rings. The Hall–Kier alpha value is -0.120. The molecule has 2 aliphatic rings. The maximum atomic E-state index is 5.65. The number of likely N-dealkylation sites (tertiary alicyclic amines) is 1. The fourth-order valence-corrected chi connectivity index (χ4v) is 3.03. The topological polar surface area (TPSA) is 24.5 Å². The van der Waals surface area contributed by atoms with E-state index in [1.807, 2.05) is 0 Å². The molecule has 0 amide bonds. The quantitative estimate of drug-likeness (QED) is 0.771. The molecule has 16 heavy (non-hydrogen) atoms. The second-order valence-electron chi connectivity index (χ2n) is 5.37. The molecule has 0 radical (unpaired) electrons. The molecule has 2 unspecified atom stereocenters. The molecule has 0 aromatic heterocycles. The maximum Gasteiger partial charge on any atom is 0.0597 e. The molecule has 2 saturated heterocycles. The summed E-state index contributed by atoms with van der Waals surface area (Å²) in [7, 11) is 0. The van der Waals surface area contributed by atoms with Gasteiger partial charge in [0, 0.05) is 18.6 Å². The van der Waals surface area contributed by atoms with Gasteiger partial charge in [0.2, 0.25) is 0 Å². The lowest BCUT2D eigenvalue weighted by atomic mass is 10.0. The molecule has 2 heterocycles. The molecule has 0 aliphatic carbocycles. The van der Waals surface area contributed by atoms with Gasteiger partial charge in [-0.25, -0.2) is 0 Å². The predicted molar refractivity (Wildman–Crippen MR) is 66.7 cm³/mol. The van der Waals surface area contributed by atoms with Crippen molar-refractivity contribution in [2.75, 3.05) is 26.2 Å². The zero-order chi connectivity index (χ0) is 11.4. The summed E-state index contributed by atoms with van der Waals surface area (Å²) in [6, 6.07) is 1.53. The first-order valence-corrected chi connectivity index (χ1v) is 6.86. The Morgan fingerprint density at radius 1 is 1.31 bits per heavy atom. The van der Waals surface area contributed by atoms with Crippen molar-refractivity contribution < 1.29 is 4.74 Å². The highest BCUT2D eigenvalue weighted by Crippen LogP contribution is 2.24. The number of nitrogens with zero attached hydrogens (tertiary/aromatic N) is 1. The standard InChI is InChI=1S/C13H26N2O/c1-11(2)16-10-9-15-8-4-6-13(15)12-5-3-7-14-12/h11-14H,3-10H2,1-2H3. The first-order valence-electron chi connectivity index (χ1n) is 6.86. The summed E-state index contributed by atoms with van der Waals surface area (Å²) in [6.07, 6.45) is 5.83. The Kier molecular flexibility index (Phi) is 4.62. The summed E-state index contributed by atoms with van der Waals surface area (Å²) >= 11 is 0. The maximum absolute atomic E-state index is 5.65. The number of rotatable bonds is 5. The Morgan fingerprint density at radius 3 is 2.88 bits per heavy atom. The van der Waals surface area contributed by atoms with Crippen molar-refractivity contribution in [2.24, 2.45) is 0 Å². The first kappa shape index (κ1) is 12.3. The van der Waals surface area contributed by atoms with Crippen molar-refractivity contribution in [3.8, 4) is 0 Å². The van der Waals surface area contributed by atoms with Crippen LogP contribution in [0.4, 0.5) is 0 Å². The van der Waals surface area contributed by atoms with Crippen LogP contribution in [0.2, 0.25) is 0 Å². The van der Waals surface area contributed by atoms with Gasteiger partial charge in [-0.3, -0.25) is 4.90 Å². The lowest BCUT2D eigenvalue weighted by Gasteiger charge is -2.29. The van der Waals surface area contributed by atoms with Crippen LogP contribution in [0.5, 0.6) is 0 Å². The van der Waals surface area contributed by atoms with Gasteiger partial charge in [-0.2, -0.15) is 0 Å². The van der Waals surface area contributed by atoms with Crippen LogP contribution < -0.4 is 5.32 Å². The molecule has 0 aromatic rings.